The zero-order chi connectivity index (χ0) is 13.2. The third kappa shape index (κ3) is 2.28. The van der Waals surface area contributed by atoms with Crippen LogP contribution in [0.4, 0.5) is 21.5 Å². The quantitative estimate of drug-likeness (QED) is 0.875. The van der Waals surface area contributed by atoms with Crippen molar-refractivity contribution >= 4 is 17.1 Å². The fourth-order valence-corrected chi connectivity index (χ4v) is 2.57. The summed E-state index contributed by atoms with van der Waals surface area (Å²) >= 11 is 0. The van der Waals surface area contributed by atoms with Gasteiger partial charge >= 0.3 is 0 Å². The Morgan fingerprint density at radius 3 is 2.68 bits per heavy atom. The Hall–Kier alpha value is -2.03. The standard InChI is InChI=1S/C16H17FN2/c1-19(14-9-7-13(17)8-10-14)15-6-2-4-12-5-3-11-18-16(12)15/h2,4,6-10,18H,3,5,11H2,1H3. The lowest BCUT2D eigenvalue weighted by molar-refractivity contribution is 0.628. The molecule has 2 aromatic rings. The van der Waals surface area contributed by atoms with Crippen molar-refractivity contribution in [3.05, 3.63) is 53.8 Å². The normalized spacial score (nSPS) is 13.6. The van der Waals surface area contributed by atoms with Crippen LogP contribution in [-0.2, 0) is 6.42 Å². The van der Waals surface area contributed by atoms with Crippen molar-refractivity contribution in [1.82, 2.24) is 0 Å². The number of nitrogens with zero attached hydrogens (tertiary/aromatic N) is 1. The van der Waals surface area contributed by atoms with E-state index in [1.165, 1.54) is 29.8 Å². The van der Waals surface area contributed by atoms with Crippen LogP contribution in [0.15, 0.2) is 42.5 Å². The third-order valence-corrected chi connectivity index (χ3v) is 3.63. The number of halogens is 1. The van der Waals surface area contributed by atoms with Crippen LogP contribution in [0.3, 0.4) is 0 Å². The summed E-state index contributed by atoms with van der Waals surface area (Å²) < 4.78 is 13.0. The zero-order valence-electron chi connectivity index (χ0n) is 11.0. The minimum atomic E-state index is -0.203. The Morgan fingerprint density at radius 2 is 1.89 bits per heavy atom. The molecule has 0 aromatic heterocycles. The Labute approximate surface area is 112 Å². The number of hydrogen-bond donors (Lipinski definition) is 1. The summed E-state index contributed by atoms with van der Waals surface area (Å²) in [6.45, 7) is 1.02. The van der Waals surface area contributed by atoms with Crippen molar-refractivity contribution in [2.24, 2.45) is 0 Å². The van der Waals surface area contributed by atoms with Crippen molar-refractivity contribution < 1.29 is 4.39 Å². The minimum Gasteiger partial charge on any atom is -0.383 e. The van der Waals surface area contributed by atoms with Gasteiger partial charge in [-0.05, 0) is 48.7 Å². The summed E-state index contributed by atoms with van der Waals surface area (Å²) in [5.41, 5.74) is 4.70. The van der Waals surface area contributed by atoms with Crippen LogP contribution in [0.5, 0.6) is 0 Å². The van der Waals surface area contributed by atoms with Crippen molar-refractivity contribution in [1.29, 1.82) is 0 Å². The van der Waals surface area contributed by atoms with Crippen LogP contribution in [-0.4, -0.2) is 13.6 Å². The first-order chi connectivity index (χ1) is 9.25. The molecule has 0 fully saturated rings. The second kappa shape index (κ2) is 4.92. The molecule has 0 unspecified atom stereocenters. The molecular formula is C16H17FN2. The van der Waals surface area contributed by atoms with Gasteiger partial charge in [-0.2, -0.15) is 0 Å². The molecule has 1 aliphatic heterocycles. The van der Waals surface area contributed by atoms with Gasteiger partial charge in [-0.3, -0.25) is 0 Å². The predicted molar refractivity (Wildman–Crippen MR) is 77.7 cm³/mol. The smallest absolute Gasteiger partial charge is 0.123 e. The maximum atomic E-state index is 13.0. The molecule has 1 aliphatic rings. The Morgan fingerprint density at radius 1 is 1.11 bits per heavy atom. The van der Waals surface area contributed by atoms with Crippen LogP contribution in [0, 0.1) is 5.82 Å². The lowest BCUT2D eigenvalue weighted by Gasteiger charge is -2.27. The van der Waals surface area contributed by atoms with Gasteiger partial charge in [0.2, 0.25) is 0 Å². The lowest BCUT2D eigenvalue weighted by atomic mass is 10.0. The molecule has 3 rings (SSSR count). The predicted octanol–water partition coefficient (Wildman–Crippen LogP) is 3.95. The number of nitrogens with one attached hydrogen (secondary N) is 1. The zero-order valence-corrected chi connectivity index (χ0v) is 11.0. The van der Waals surface area contributed by atoms with Crippen LogP contribution in [0.25, 0.3) is 0 Å². The van der Waals surface area contributed by atoms with Gasteiger partial charge < -0.3 is 10.2 Å². The van der Waals surface area contributed by atoms with Gasteiger partial charge in [0, 0.05) is 19.3 Å². The molecule has 2 aromatic carbocycles. The van der Waals surface area contributed by atoms with Gasteiger partial charge in [0.25, 0.3) is 0 Å². The lowest BCUT2D eigenvalue weighted by Crippen LogP contribution is -2.17. The molecule has 0 saturated carbocycles. The van der Waals surface area contributed by atoms with Crippen LogP contribution in [0.1, 0.15) is 12.0 Å². The molecule has 0 aliphatic carbocycles. The first-order valence-electron chi connectivity index (χ1n) is 6.61. The molecule has 0 bridgehead atoms. The van der Waals surface area contributed by atoms with Gasteiger partial charge in [0.15, 0.2) is 0 Å². The molecule has 0 amide bonds. The number of aryl methyl sites for hydroxylation is 1. The van der Waals surface area contributed by atoms with Gasteiger partial charge in [-0.25, -0.2) is 4.39 Å². The highest BCUT2D eigenvalue weighted by atomic mass is 19.1. The SMILES string of the molecule is CN(c1ccc(F)cc1)c1cccc2c1NCCC2. The molecule has 0 saturated heterocycles. The van der Waals surface area contributed by atoms with Gasteiger partial charge in [-0.15, -0.1) is 0 Å². The topological polar surface area (TPSA) is 15.3 Å². The van der Waals surface area contributed by atoms with E-state index in [2.05, 4.69) is 28.4 Å². The van der Waals surface area contributed by atoms with E-state index in [4.69, 9.17) is 0 Å². The maximum Gasteiger partial charge on any atom is 0.123 e. The summed E-state index contributed by atoms with van der Waals surface area (Å²) in [7, 11) is 2.01. The molecule has 19 heavy (non-hydrogen) atoms. The maximum absolute atomic E-state index is 13.0. The first-order valence-corrected chi connectivity index (χ1v) is 6.61. The molecular weight excluding hydrogens is 239 g/mol. The molecule has 98 valence electrons. The van der Waals surface area contributed by atoms with Crippen molar-refractivity contribution in [2.45, 2.75) is 12.8 Å². The monoisotopic (exact) mass is 256 g/mol. The number of fused-ring (bicyclic) bond motifs is 1. The molecule has 1 heterocycles. The molecule has 2 nitrogen and oxygen atoms in total. The van der Waals surface area contributed by atoms with E-state index >= 15 is 0 Å². The molecule has 0 atom stereocenters. The molecule has 1 N–H and O–H groups in total. The fraction of sp³-hybridized carbons (Fsp3) is 0.250. The van der Waals surface area contributed by atoms with E-state index in [0.29, 0.717) is 0 Å². The Kier molecular flexibility index (Phi) is 3.11. The Balaban J connectivity index is 1.99. The first kappa shape index (κ1) is 12.0. The number of para-hydroxylation sites is 1. The van der Waals surface area contributed by atoms with Crippen molar-refractivity contribution in [3.8, 4) is 0 Å². The number of rotatable bonds is 2. The fourth-order valence-electron chi connectivity index (χ4n) is 2.57. The summed E-state index contributed by atoms with van der Waals surface area (Å²) in [6, 6.07) is 12.9. The highest BCUT2D eigenvalue weighted by molar-refractivity contribution is 5.79. The van der Waals surface area contributed by atoms with E-state index in [1.54, 1.807) is 12.1 Å². The van der Waals surface area contributed by atoms with Crippen LogP contribution >= 0.6 is 0 Å². The van der Waals surface area contributed by atoms with Crippen LogP contribution in [0.2, 0.25) is 0 Å². The molecule has 3 heteroatoms. The second-order valence-corrected chi connectivity index (χ2v) is 4.88. The second-order valence-electron chi connectivity index (χ2n) is 4.88. The molecule has 0 radical (unpaired) electrons. The van der Waals surface area contributed by atoms with E-state index in [9.17, 15) is 4.39 Å². The summed E-state index contributed by atoms with van der Waals surface area (Å²) in [5.74, 6) is -0.203. The van der Waals surface area contributed by atoms with Crippen molar-refractivity contribution in [2.75, 3.05) is 23.8 Å². The number of hydrogen-bond acceptors (Lipinski definition) is 2. The van der Waals surface area contributed by atoms with Crippen molar-refractivity contribution in [3.63, 3.8) is 0 Å². The summed E-state index contributed by atoms with van der Waals surface area (Å²) in [5, 5.41) is 3.48. The average Bonchev–Trinajstić information content (AvgIpc) is 2.47. The highest BCUT2D eigenvalue weighted by Crippen LogP contribution is 2.35. The van der Waals surface area contributed by atoms with E-state index in [-0.39, 0.29) is 5.82 Å². The number of benzene rings is 2. The molecule has 0 spiro atoms. The van der Waals surface area contributed by atoms with Crippen LogP contribution < -0.4 is 10.2 Å². The average molecular weight is 256 g/mol. The van der Waals surface area contributed by atoms with Gasteiger partial charge in [0.05, 0.1) is 11.4 Å². The van der Waals surface area contributed by atoms with E-state index in [0.717, 1.165) is 24.3 Å². The Bertz CT molecular complexity index is 578. The minimum absolute atomic E-state index is 0.203. The summed E-state index contributed by atoms with van der Waals surface area (Å²) in [4.78, 5) is 2.09. The largest absolute Gasteiger partial charge is 0.383 e. The number of anilines is 3. The van der Waals surface area contributed by atoms with E-state index < -0.39 is 0 Å². The van der Waals surface area contributed by atoms with Gasteiger partial charge in [-0.1, -0.05) is 12.1 Å². The third-order valence-electron chi connectivity index (χ3n) is 3.63. The highest BCUT2D eigenvalue weighted by Gasteiger charge is 2.15. The van der Waals surface area contributed by atoms with E-state index in [1.807, 2.05) is 7.05 Å². The van der Waals surface area contributed by atoms with Gasteiger partial charge in [0.1, 0.15) is 5.82 Å². The summed E-state index contributed by atoms with van der Waals surface area (Å²) in [6.07, 6.45) is 2.30.